The number of halogens is 2. The van der Waals surface area contributed by atoms with Gasteiger partial charge in [0.2, 0.25) is 0 Å². The topological polar surface area (TPSA) is 48.1 Å². The van der Waals surface area contributed by atoms with Crippen molar-refractivity contribution in [3.63, 3.8) is 0 Å². The third-order valence-electron chi connectivity index (χ3n) is 2.88. The Bertz CT molecular complexity index is 792. The lowest BCUT2D eigenvalue weighted by molar-refractivity contribution is 0.487. The van der Waals surface area contributed by atoms with Gasteiger partial charge in [-0.25, -0.2) is 0 Å². The summed E-state index contributed by atoms with van der Waals surface area (Å²) in [5.74, 6) is 1.19. The molecule has 0 radical (unpaired) electrons. The molecule has 1 aromatic heterocycles. The molecule has 0 unspecified atom stereocenters. The number of benzene rings is 2. The summed E-state index contributed by atoms with van der Waals surface area (Å²) in [6.07, 6.45) is 1.71. The van der Waals surface area contributed by atoms with Crippen LogP contribution in [-0.4, -0.2) is 4.98 Å². The lowest BCUT2D eigenvalue weighted by Gasteiger charge is -2.11. The van der Waals surface area contributed by atoms with Crippen LogP contribution in [0, 0.1) is 0 Å². The summed E-state index contributed by atoms with van der Waals surface area (Å²) >= 11 is 9.53. The second-order valence-electron chi connectivity index (χ2n) is 4.23. The molecule has 1 heterocycles. The number of pyridine rings is 1. The Kier molecular flexibility index (Phi) is 3.51. The second-order valence-corrected chi connectivity index (χ2v) is 5.55. The fourth-order valence-electron chi connectivity index (χ4n) is 1.93. The van der Waals surface area contributed by atoms with Gasteiger partial charge in [0.25, 0.3) is 0 Å². The van der Waals surface area contributed by atoms with Crippen molar-refractivity contribution in [2.45, 2.75) is 0 Å². The lowest BCUT2D eigenvalue weighted by Crippen LogP contribution is -1.92. The summed E-state index contributed by atoms with van der Waals surface area (Å²) in [4.78, 5) is 4.33. The highest BCUT2D eigenvalue weighted by Gasteiger charge is 2.09. The number of nitrogens with zero attached hydrogens (tertiary/aromatic N) is 1. The first kappa shape index (κ1) is 13.2. The molecule has 3 rings (SSSR count). The highest BCUT2D eigenvalue weighted by molar-refractivity contribution is 9.10. The molecule has 0 saturated heterocycles. The Hall–Kier alpha value is -1.78. The van der Waals surface area contributed by atoms with Crippen LogP contribution in [0.25, 0.3) is 10.9 Å². The van der Waals surface area contributed by atoms with Crippen molar-refractivity contribution in [2.24, 2.45) is 0 Å². The van der Waals surface area contributed by atoms with Gasteiger partial charge in [0.1, 0.15) is 11.3 Å². The van der Waals surface area contributed by atoms with Crippen LogP contribution in [0.4, 0.5) is 5.69 Å². The van der Waals surface area contributed by atoms with Crippen LogP contribution >= 0.6 is 27.5 Å². The summed E-state index contributed by atoms with van der Waals surface area (Å²) in [5.41, 5.74) is 7.32. The SMILES string of the molecule is Nc1ccc(Oc2cc(Br)ccc2Cl)c2ncccc12. The van der Waals surface area contributed by atoms with Crippen LogP contribution in [0.5, 0.6) is 11.5 Å². The predicted molar refractivity (Wildman–Crippen MR) is 85.4 cm³/mol. The largest absolute Gasteiger partial charge is 0.453 e. The smallest absolute Gasteiger partial charge is 0.153 e. The average molecular weight is 350 g/mol. The number of hydrogen-bond acceptors (Lipinski definition) is 3. The van der Waals surface area contributed by atoms with Gasteiger partial charge >= 0.3 is 0 Å². The third-order valence-corrected chi connectivity index (χ3v) is 3.69. The number of rotatable bonds is 2. The van der Waals surface area contributed by atoms with E-state index >= 15 is 0 Å². The Morgan fingerprint density at radius 1 is 1.10 bits per heavy atom. The highest BCUT2D eigenvalue weighted by Crippen LogP contribution is 2.36. The predicted octanol–water partition coefficient (Wildman–Crippen LogP) is 5.03. The molecule has 2 N–H and O–H groups in total. The average Bonchev–Trinajstić information content (AvgIpc) is 2.46. The van der Waals surface area contributed by atoms with Crippen molar-refractivity contribution < 1.29 is 4.74 Å². The second kappa shape index (κ2) is 5.31. The molecule has 3 nitrogen and oxygen atoms in total. The summed E-state index contributed by atoms with van der Waals surface area (Å²) in [5, 5.41) is 1.39. The van der Waals surface area contributed by atoms with E-state index in [1.165, 1.54) is 0 Å². The Labute approximate surface area is 129 Å². The lowest BCUT2D eigenvalue weighted by atomic mass is 10.1. The molecule has 0 saturated carbocycles. The van der Waals surface area contributed by atoms with E-state index in [2.05, 4.69) is 20.9 Å². The fraction of sp³-hybridized carbons (Fsp3) is 0. The maximum absolute atomic E-state index is 6.14. The molecule has 0 aliphatic heterocycles. The molecule has 100 valence electrons. The molecule has 0 aliphatic carbocycles. The molecule has 0 aliphatic rings. The number of hydrogen-bond donors (Lipinski definition) is 1. The minimum atomic E-state index is 0.536. The molecule has 20 heavy (non-hydrogen) atoms. The summed E-state index contributed by atoms with van der Waals surface area (Å²) < 4.78 is 6.77. The van der Waals surface area contributed by atoms with E-state index in [0.29, 0.717) is 27.7 Å². The zero-order valence-corrected chi connectivity index (χ0v) is 12.6. The third kappa shape index (κ3) is 2.44. The first-order valence-corrected chi connectivity index (χ1v) is 7.08. The van der Waals surface area contributed by atoms with Gasteiger partial charge < -0.3 is 10.5 Å². The molecule has 0 atom stereocenters. The van der Waals surface area contributed by atoms with Crippen molar-refractivity contribution in [2.75, 3.05) is 5.73 Å². The van der Waals surface area contributed by atoms with Gasteiger partial charge in [0.15, 0.2) is 5.75 Å². The van der Waals surface area contributed by atoms with Crippen molar-refractivity contribution >= 4 is 44.1 Å². The summed E-state index contributed by atoms with van der Waals surface area (Å²) in [6.45, 7) is 0. The standard InChI is InChI=1S/C15H10BrClN2O/c16-9-3-4-11(17)14(8-9)20-13-6-5-12(18)10-2-1-7-19-15(10)13/h1-8H,18H2. The van der Waals surface area contributed by atoms with E-state index in [-0.39, 0.29) is 0 Å². The van der Waals surface area contributed by atoms with E-state index in [1.807, 2.05) is 24.3 Å². The molecule has 3 aromatic rings. The molecule has 5 heteroatoms. The quantitative estimate of drug-likeness (QED) is 0.660. The molecule has 2 aromatic carbocycles. The van der Waals surface area contributed by atoms with Gasteiger partial charge in [-0.05, 0) is 42.5 Å². The highest BCUT2D eigenvalue weighted by atomic mass is 79.9. The monoisotopic (exact) mass is 348 g/mol. The first-order chi connectivity index (χ1) is 9.65. The first-order valence-electron chi connectivity index (χ1n) is 5.91. The zero-order valence-electron chi connectivity index (χ0n) is 10.3. The van der Waals surface area contributed by atoms with Gasteiger partial charge in [-0.15, -0.1) is 0 Å². The molecular weight excluding hydrogens is 340 g/mol. The van der Waals surface area contributed by atoms with E-state index in [9.17, 15) is 0 Å². The van der Waals surface area contributed by atoms with Crippen molar-refractivity contribution in [3.8, 4) is 11.5 Å². The Morgan fingerprint density at radius 2 is 1.95 bits per heavy atom. The molecule has 0 fully saturated rings. The van der Waals surface area contributed by atoms with E-state index in [4.69, 9.17) is 22.1 Å². The van der Waals surface area contributed by atoms with E-state index in [1.54, 1.807) is 24.4 Å². The number of ether oxygens (including phenoxy) is 1. The van der Waals surface area contributed by atoms with Crippen molar-refractivity contribution in [1.29, 1.82) is 0 Å². The maximum Gasteiger partial charge on any atom is 0.153 e. The van der Waals surface area contributed by atoms with Crippen LogP contribution in [0.3, 0.4) is 0 Å². The Morgan fingerprint density at radius 3 is 2.80 bits per heavy atom. The van der Waals surface area contributed by atoms with Crippen LogP contribution in [-0.2, 0) is 0 Å². The number of fused-ring (bicyclic) bond motifs is 1. The van der Waals surface area contributed by atoms with Gasteiger partial charge in [-0.3, -0.25) is 4.98 Å². The number of anilines is 1. The van der Waals surface area contributed by atoms with Gasteiger partial charge in [-0.1, -0.05) is 27.5 Å². The van der Waals surface area contributed by atoms with Crippen LogP contribution in [0.1, 0.15) is 0 Å². The van der Waals surface area contributed by atoms with Gasteiger partial charge in [-0.2, -0.15) is 0 Å². The van der Waals surface area contributed by atoms with Gasteiger partial charge in [0.05, 0.1) is 5.02 Å². The number of aromatic nitrogens is 1. The van der Waals surface area contributed by atoms with Gasteiger partial charge in [0, 0.05) is 21.7 Å². The van der Waals surface area contributed by atoms with Crippen LogP contribution < -0.4 is 10.5 Å². The molecular formula is C15H10BrClN2O. The zero-order chi connectivity index (χ0) is 14.1. The van der Waals surface area contributed by atoms with Crippen LogP contribution in [0.2, 0.25) is 5.02 Å². The maximum atomic E-state index is 6.14. The molecule has 0 spiro atoms. The fourth-order valence-corrected chi connectivity index (χ4v) is 2.42. The minimum absolute atomic E-state index is 0.536. The summed E-state index contributed by atoms with van der Waals surface area (Å²) in [7, 11) is 0. The summed E-state index contributed by atoms with van der Waals surface area (Å²) in [6, 6.07) is 12.8. The molecule has 0 amide bonds. The minimum Gasteiger partial charge on any atom is -0.453 e. The number of nitrogen functional groups attached to an aromatic ring is 1. The van der Waals surface area contributed by atoms with Crippen LogP contribution in [0.15, 0.2) is 53.1 Å². The van der Waals surface area contributed by atoms with E-state index in [0.717, 1.165) is 9.86 Å². The Balaban J connectivity index is 2.11. The van der Waals surface area contributed by atoms with E-state index < -0.39 is 0 Å². The van der Waals surface area contributed by atoms with Crippen molar-refractivity contribution in [3.05, 3.63) is 58.2 Å². The number of nitrogens with two attached hydrogens (primary N) is 1. The van der Waals surface area contributed by atoms with Crippen molar-refractivity contribution in [1.82, 2.24) is 4.98 Å². The molecule has 0 bridgehead atoms. The normalized spacial score (nSPS) is 10.7.